The van der Waals surface area contributed by atoms with E-state index in [0.29, 0.717) is 5.75 Å². The number of benzene rings is 2. The minimum atomic E-state index is -0.200. The third-order valence-electron chi connectivity index (χ3n) is 2.69. The fraction of sp³-hybridized carbons (Fsp3) is 0.312. The Morgan fingerprint density at radius 2 is 1.85 bits per heavy atom. The van der Waals surface area contributed by atoms with E-state index >= 15 is 0 Å². The number of halogens is 1. The number of fused-ring (bicyclic) bond motifs is 1. The average molecular weight is 308 g/mol. The van der Waals surface area contributed by atoms with Crippen molar-refractivity contribution in [1.82, 2.24) is 5.32 Å². The highest BCUT2D eigenvalue weighted by Gasteiger charge is 2.14. The zero-order valence-electron chi connectivity index (χ0n) is 11.9. The molecule has 4 heteroatoms. The first-order valence-electron chi connectivity index (χ1n) is 6.48. The van der Waals surface area contributed by atoms with Crippen molar-refractivity contribution in [2.75, 3.05) is 5.75 Å². The summed E-state index contributed by atoms with van der Waals surface area (Å²) in [5, 5.41) is 5.80. The minimum absolute atomic E-state index is 0.0338. The monoisotopic (exact) mass is 307 g/mol. The van der Waals surface area contributed by atoms with Crippen molar-refractivity contribution < 1.29 is 4.79 Å². The maximum atomic E-state index is 11.9. The Morgan fingerprint density at radius 3 is 2.50 bits per heavy atom. The van der Waals surface area contributed by atoms with Gasteiger partial charge in [-0.2, -0.15) is 0 Å². The summed E-state index contributed by atoms with van der Waals surface area (Å²) in [5.74, 6) is 0.424. The van der Waals surface area contributed by atoms with Crippen LogP contribution in [0, 0.1) is 0 Å². The predicted molar refractivity (Wildman–Crippen MR) is 87.6 cm³/mol. The van der Waals surface area contributed by atoms with Gasteiger partial charge in [0.1, 0.15) is 0 Å². The molecule has 0 aliphatic rings. The van der Waals surface area contributed by atoms with E-state index in [1.807, 2.05) is 57.2 Å². The number of hydrogen-bond acceptors (Lipinski definition) is 2. The van der Waals surface area contributed by atoms with Gasteiger partial charge < -0.3 is 5.32 Å². The quantitative estimate of drug-likeness (QED) is 0.846. The normalized spacial score (nSPS) is 11.6. The molecule has 2 aromatic rings. The molecule has 0 saturated heterocycles. The van der Waals surface area contributed by atoms with Gasteiger partial charge in [0.2, 0.25) is 5.91 Å². The minimum Gasteiger partial charge on any atom is -0.351 e. The molecule has 1 N–H and O–H groups in total. The number of nitrogens with one attached hydrogen (secondary N) is 1. The Bertz CT molecular complexity index is 629. The molecule has 20 heavy (non-hydrogen) atoms. The van der Waals surface area contributed by atoms with Crippen LogP contribution in [0.25, 0.3) is 10.8 Å². The van der Waals surface area contributed by atoms with Crippen molar-refractivity contribution >= 4 is 40.0 Å². The molecule has 0 saturated carbocycles. The van der Waals surface area contributed by atoms with Crippen molar-refractivity contribution in [2.45, 2.75) is 31.2 Å². The summed E-state index contributed by atoms with van der Waals surface area (Å²) < 4.78 is 0. The highest BCUT2D eigenvalue weighted by molar-refractivity contribution is 8.00. The van der Waals surface area contributed by atoms with Crippen molar-refractivity contribution in [3.8, 4) is 0 Å². The van der Waals surface area contributed by atoms with Crippen LogP contribution >= 0.6 is 23.4 Å². The van der Waals surface area contributed by atoms with Crippen molar-refractivity contribution in [1.29, 1.82) is 0 Å². The van der Waals surface area contributed by atoms with Gasteiger partial charge in [0.25, 0.3) is 0 Å². The van der Waals surface area contributed by atoms with Crippen LogP contribution in [-0.4, -0.2) is 17.2 Å². The molecule has 0 fully saturated rings. The van der Waals surface area contributed by atoms with Crippen LogP contribution in [0.3, 0.4) is 0 Å². The van der Waals surface area contributed by atoms with Gasteiger partial charge in [-0.1, -0.05) is 35.9 Å². The molecule has 0 aliphatic heterocycles. The van der Waals surface area contributed by atoms with Crippen LogP contribution in [0.2, 0.25) is 5.02 Å². The standard InChI is InChI=1S/C16H18ClNOS/c1-16(2,3)18-14(19)10-20-13-9-5-7-11-6-4-8-12(17)15(11)13/h4-9H,10H2,1-3H3,(H,18,19). The Kier molecular flexibility index (Phi) is 4.61. The lowest BCUT2D eigenvalue weighted by molar-refractivity contribution is -0.119. The second kappa shape index (κ2) is 6.06. The molecular formula is C16H18ClNOS. The highest BCUT2D eigenvalue weighted by atomic mass is 35.5. The Morgan fingerprint density at radius 1 is 1.20 bits per heavy atom. The molecule has 0 radical (unpaired) electrons. The topological polar surface area (TPSA) is 29.1 Å². The molecule has 2 rings (SSSR count). The number of thioether (sulfide) groups is 1. The zero-order chi connectivity index (χ0) is 14.8. The van der Waals surface area contributed by atoms with E-state index < -0.39 is 0 Å². The lowest BCUT2D eigenvalue weighted by Gasteiger charge is -2.20. The average Bonchev–Trinajstić information content (AvgIpc) is 2.34. The first-order chi connectivity index (χ1) is 9.37. The fourth-order valence-electron chi connectivity index (χ4n) is 1.98. The number of amides is 1. The molecule has 2 aromatic carbocycles. The first kappa shape index (κ1) is 15.2. The van der Waals surface area contributed by atoms with E-state index in [-0.39, 0.29) is 11.4 Å². The van der Waals surface area contributed by atoms with E-state index in [4.69, 9.17) is 11.6 Å². The molecule has 0 spiro atoms. The van der Waals surface area contributed by atoms with Crippen LogP contribution in [0.4, 0.5) is 0 Å². The molecule has 2 nitrogen and oxygen atoms in total. The second-order valence-corrected chi connectivity index (χ2v) is 7.11. The number of carbonyl (C=O) groups is 1. The smallest absolute Gasteiger partial charge is 0.230 e. The van der Waals surface area contributed by atoms with Gasteiger partial charge in [0, 0.05) is 20.8 Å². The highest BCUT2D eigenvalue weighted by Crippen LogP contribution is 2.33. The molecule has 1 amide bonds. The van der Waals surface area contributed by atoms with Crippen molar-refractivity contribution in [3.05, 3.63) is 41.4 Å². The summed E-state index contributed by atoms with van der Waals surface area (Å²) in [6, 6.07) is 11.9. The van der Waals surface area contributed by atoms with E-state index in [1.165, 1.54) is 11.8 Å². The number of rotatable bonds is 3. The van der Waals surface area contributed by atoms with Gasteiger partial charge in [0.15, 0.2) is 0 Å². The SMILES string of the molecule is CC(C)(C)NC(=O)CSc1cccc2cccc(Cl)c12. The van der Waals surface area contributed by atoms with Gasteiger partial charge in [-0.05, 0) is 38.3 Å². The molecule has 0 heterocycles. The number of hydrogen-bond donors (Lipinski definition) is 1. The maximum absolute atomic E-state index is 11.9. The summed E-state index contributed by atoms with van der Waals surface area (Å²) >= 11 is 7.79. The van der Waals surface area contributed by atoms with Gasteiger partial charge in [-0.15, -0.1) is 11.8 Å². The van der Waals surface area contributed by atoms with Gasteiger partial charge in [-0.25, -0.2) is 0 Å². The Hall–Kier alpha value is -1.19. The van der Waals surface area contributed by atoms with Crippen LogP contribution in [0.1, 0.15) is 20.8 Å². The molecule has 0 aliphatic carbocycles. The maximum Gasteiger partial charge on any atom is 0.230 e. The molecule has 0 aromatic heterocycles. The summed E-state index contributed by atoms with van der Waals surface area (Å²) in [6.07, 6.45) is 0. The van der Waals surface area contributed by atoms with E-state index in [1.54, 1.807) is 0 Å². The lowest BCUT2D eigenvalue weighted by Crippen LogP contribution is -2.41. The van der Waals surface area contributed by atoms with E-state index in [9.17, 15) is 4.79 Å². The van der Waals surface area contributed by atoms with Gasteiger partial charge >= 0.3 is 0 Å². The van der Waals surface area contributed by atoms with E-state index in [2.05, 4.69) is 5.32 Å². The fourth-order valence-corrected chi connectivity index (χ4v) is 3.23. The lowest BCUT2D eigenvalue weighted by atomic mass is 10.1. The summed E-state index contributed by atoms with van der Waals surface area (Å²) in [4.78, 5) is 12.9. The van der Waals surface area contributed by atoms with Gasteiger partial charge in [-0.3, -0.25) is 4.79 Å². The molecular weight excluding hydrogens is 290 g/mol. The predicted octanol–water partition coefficient (Wildman–Crippen LogP) is 4.50. The second-order valence-electron chi connectivity index (χ2n) is 5.68. The molecule has 106 valence electrons. The van der Waals surface area contributed by atoms with Crippen LogP contribution in [0.5, 0.6) is 0 Å². The van der Waals surface area contributed by atoms with Crippen LogP contribution < -0.4 is 5.32 Å². The van der Waals surface area contributed by atoms with Crippen LogP contribution in [-0.2, 0) is 4.79 Å². The largest absolute Gasteiger partial charge is 0.351 e. The Labute approximate surface area is 128 Å². The zero-order valence-corrected chi connectivity index (χ0v) is 13.4. The van der Waals surface area contributed by atoms with Gasteiger partial charge in [0.05, 0.1) is 5.75 Å². The summed E-state index contributed by atoms with van der Waals surface area (Å²) in [7, 11) is 0. The molecule has 0 bridgehead atoms. The van der Waals surface area contributed by atoms with Crippen molar-refractivity contribution in [3.63, 3.8) is 0 Å². The summed E-state index contributed by atoms with van der Waals surface area (Å²) in [5.41, 5.74) is -0.200. The first-order valence-corrected chi connectivity index (χ1v) is 7.84. The van der Waals surface area contributed by atoms with E-state index in [0.717, 1.165) is 20.7 Å². The third-order valence-corrected chi connectivity index (χ3v) is 4.06. The molecule has 0 unspecified atom stereocenters. The summed E-state index contributed by atoms with van der Waals surface area (Å²) in [6.45, 7) is 5.93. The Balaban J connectivity index is 2.17. The van der Waals surface area contributed by atoms with Crippen LogP contribution in [0.15, 0.2) is 41.3 Å². The molecule has 0 atom stereocenters. The number of carbonyl (C=O) groups excluding carboxylic acids is 1. The van der Waals surface area contributed by atoms with Crippen molar-refractivity contribution in [2.24, 2.45) is 0 Å². The third kappa shape index (κ3) is 3.90.